The first-order valence-corrected chi connectivity index (χ1v) is 11.3. The Bertz CT molecular complexity index is 629. The van der Waals surface area contributed by atoms with Crippen LogP contribution < -0.4 is 0 Å². The summed E-state index contributed by atoms with van der Waals surface area (Å²) < 4.78 is 29.0. The number of rotatable bonds is 15. The van der Waals surface area contributed by atoms with Crippen LogP contribution in [0.2, 0.25) is 0 Å². The molecule has 1 aromatic rings. The number of aromatic nitrogens is 1. The van der Waals surface area contributed by atoms with Gasteiger partial charge in [0.2, 0.25) is 6.29 Å². The lowest BCUT2D eigenvalue weighted by molar-refractivity contribution is -0.0870. The van der Waals surface area contributed by atoms with Gasteiger partial charge in [0.05, 0.1) is 6.10 Å². The van der Waals surface area contributed by atoms with Crippen LogP contribution in [0.25, 0.3) is 0 Å². The summed E-state index contributed by atoms with van der Waals surface area (Å²) in [6.45, 7) is 6.93. The summed E-state index contributed by atoms with van der Waals surface area (Å²) in [6.07, 6.45) is 11.7. The summed E-state index contributed by atoms with van der Waals surface area (Å²) in [5.74, 6) is -1.51. The van der Waals surface area contributed by atoms with Gasteiger partial charge in [-0.25, -0.2) is 14.0 Å². The second kappa shape index (κ2) is 14.9. The van der Waals surface area contributed by atoms with Gasteiger partial charge < -0.3 is 19.2 Å². The highest BCUT2D eigenvalue weighted by atomic mass is 19.1. The predicted octanol–water partition coefficient (Wildman–Crippen LogP) is 6.68. The van der Waals surface area contributed by atoms with Crippen molar-refractivity contribution in [1.29, 1.82) is 0 Å². The molecule has 6 nitrogen and oxygen atoms in total. The molecule has 0 aliphatic carbocycles. The van der Waals surface area contributed by atoms with Crippen molar-refractivity contribution in [3.05, 3.63) is 23.3 Å². The summed E-state index contributed by atoms with van der Waals surface area (Å²) in [4.78, 5) is 26.1. The van der Waals surface area contributed by atoms with Gasteiger partial charge in [0.15, 0.2) is 11.5 Å². The average Bonchev–Trinajstić information content (AvgIpc) is 3.03. The van der Waals surface area contributed by atoms with E-state index in [0.29, 0.717) is 12.0 Å². The lowest BCUT2D eigenvalue weighted by Crippen LogP contribution is -2.24. The summed E-state index contributed by atoms with van der Waals surface area (Å²) >= 11 is 0. The van der Waals surface area contributed by atoms with Gasteiger partial charge in [-0.1, -0.05) is 64.7 Å². The molecule has 0 saturated heterocycles. The third-order valence-corrected chi connectivity index (χ3v) is 4.76. The molecule has 0 aromatic carbocycles. The molecule has 7 heteroatoms. The van der Waals surface area contributed by atoms with Crippen LogP contribution in [0.1, 0.15) is 108 Å². The topological polar surface area (TPSA) is 77.6 Å². The number of aromatic amines is 1. The van der Waals surface area contributed by atoms with Crippen LogP contribution in [0.3, 0.4) is 0 Å². The lowest BCUT2D eigenvalue weighted by atomic mass is 10.0. The molecule has 0 spiro atoms. The molecule has 0 saturated carbocycles. The highest BCUT2D eigenvalue weighted by molar-refractivity contribution is 5.88. The minimum absolute atomic E-state index is 0.259. The van der Waals surface area contributed by atoms with Crippen molar-refractivity contribution in [2.75, 3.05) is 0 Å². The van der Waals surface area contributed by atoms with E-state index in [1.807, 2.05) is 0 Å². The zero-order valence-electron chi connectivity index (χ0n) is 18.9. The van der Waals surface area contributed by atoms with E-state index in [2.05, 4.69) is 11.9 Å². The second-order valence-corrected chi connectivity index (χ2v) is 7.94. The Hall–Kier alpha value is -2.05. The van der Waals surface area contributed by atoms with Crippen LogP contribution in [-0.2, 0) is 20.6 Å². The highest BCUT2D eigenvalue weighted by Gasteiger charge is 2.22. The molecule has 0 radical (unpaired) electrons. The molecule has 1 heterocycles. The van der Waals surface area contributed by atoms with E-state index in [0.717, 1.165) is 19.3 Å². The first kappa shape index (κ1) is 26.0. The number of ether oxygens (including phenoxy) is 3. The Morgan fingerprint density at radius 3 is 2.03 bits per heavy atom. The second-order valence-electron chi connectivity index (χ2n) is 7.94. The van der Waals surface area contributed by atoms with Crippen molar-refractivity contribution in [3.63, 3.8) is 0 Å². The van der Waals surface area contributed by atoms with E-state index >= 15 is 0 Å². The van der Waals surface area contributed by atoms with Crippen LogP contribution >= 0.6 is 0 Å². The summed E-state index contributed by atoms with van der Waals surface area (Å²) in [5.41, 5.74) is 0.207. The molecular weight excluding hydrogens is 389 g/mol. The number of unbranched alkanes of at least 4 members (excludes halogenated alkanes) is 9. The number of esters is 1. The number of carbonyl (C=O) groups excluding carboxylic acids is 2. The standard InChI is InChI=1S/C23H38FNO5/c1-5-6-7-8-9-10-11-12-13-14-15-19-16-25-21(20(19)24)22(26)29-18(4)30-23(27)28-17(2)3/h16-18,25H,5-15H2,1-4H3. The predicted molar refractivity (Wildman–Crippen MR) is 114 cm³/mol. The first-order valence-electron chi connectivity index (χ1n) is 11.3. The Kier molecular flexibility index (Phi) is 12.9. The van der Waals surface area contributed by atoms with E-state index in [1.165, 1.54) is 58.1 Å². The van der Waals surface area contributed by atoms with E-state index in [1.54, 1.807) is 13.8 Å². The third-order valence-electron chi connectivity index (χ3n) is 4.76. The number of carbonyl (C=O) groups is 2. The maximum absolute atomic E-state index is 14.5. The molecule has 1 aromatic heterocycles. The Morgan fingerprint density at radius 2 is 1.47 bits per heavy atom. The summed E-state index contributed by atoms with van der Waals surface area (Å²) in [5, 5.41) is 0. The van der Waals surface area contributed by atoms with Gasteiger partial charge in [0.1, 0.15) is 0 Å². The molecule has 1 atom stereocenters. The molecule has 0 aliphatic rings. The maximum Gasteiger partial charge on any atom is 0.511 e. The molecule has 1 unspecified atom stereocenters. The van der Waals surface area contributed by atoms with Crippen molar-refractivity contribution >= 4 is 12.1 Å². The molecule has 30 heavy (non-hydrogen) atoms. The third kappa shape index (κ3) is 10.6. The number of halogens is 1. The summed E-state index contributed by atoms with van der Waals surface area (Å²) in [7, 11) is 0. The average molecular weight is 428 g/mol. The number of nitrogens with one attached hydrogen (secondary N) is 1. The van der Waals surface area contributed by atoms with Gasteiger partial charge in [-0.2, -0.15) is 0 Å². The van der Waals surface area contributed by atoms with Crippen molar-refractivity contribution in [1.82, 2.24) is 4.98 Å². The molecular formula is C23H38FNO5. The zero-order chi connectivity index (χ0) is 22.4. The normalized spacial score (nSPS) is 12.1. The van der Waals surface area contributed by atoms with Gasteiger partial charge in [0, 0.05) is 18.7 Å². The highest BCUT2D eigenvalue weighted by Crippen LogP contribution is 2.18. The van der Waals surface area contributed by atoms with Crippen LogP contribution in [0.4, 0.5) is 9.18 Å². The molecule has 172 valence electrons. The van der Waals surface area contributed by atoms with Crippen LogP contribution in [0, 0.1) is 5.82 Å². The SMILES string of the molecule is CCCCCCCCCCCCc1c[nH]c(C(=O)OC(C)OC(=O)OC(C)C)c1F. The Morgan fingerprint density at radius 1 is 0.900 bits per heavy atom. The quantitative estimate of drug-likeness (QED) is 0.192. The van der Waals surface area contributed by atoms with Crippen molar-refractivity contribution in [3.8, 4) is 0 Å². The molecule has 0 fully saturated rings. The fourth-order valence-electron chi connectivity index (χ4n) is 3.17. The van der Waals surface area contributed by atoms with Gasteiger partial charge >= 0.3 is 12.1 Å². The molecule has 0 bridgehead atoms. The number of hydrogen-bond donors (Lipinski definition) is 1. The van der Waals surface area contributed by atoms with Gasteiger partial charge in [-0.3, -0.25) is 0 Å². The molecule has 1 N–H and O–H groups in total. The zero-order valence-corrected chi connectivity index (χ0v) is 18.9. The largest absolute Gasteiger partial charge is 0.511 e. The maximum atomic E-state index is 14.5. The van der Waals surface area contributed by atoms with Crippen LogP contribution in [-0.4, -0.2) is 29.5 Å². The Labute approximate surface area is 179 Å². The first-order chi connectivity index (χ1) is 14.3. The molecule has 1 rings (SSSR count). The minimum Gasteiger partial charge on any atom is -0.431 e. The van der Waals surface area contributed by atoms with Crippen LogP contribution in [0.15, 0.2) is 6.20 Å². The van der Waals surface area contributed by atoms with E-state index in [-0.39, 0.29) is 11.8 Å². The van der Waals surface area contributed by atoms with Gasteiger partial charge in [-0.05, 0) is 26.7 Å². The Balaban J connectivity index is 2.28. The van der Waals surface area contributed by atoms with E-state index < -0.39 is 24.2 Å². The number of aryl methyl sites for hydroxylation is 1. The lowest BCUT2D eigenvalue weighted by Gasteiger charge is -2.14. The van der Waals surface area contributed by atoms with Crippen LogP contribution in [0.5, 0.6) is 0 Å². The van der Waals surface area contributed by atoms with E-state index in [9.17, 15) is 14.0 Å². The fourth-order valence-corrected chi connectivity index (χ4v) is 3.17. The molecule has 0 aliphatic heterocycles. The van der Waals surface area contributed by atoms with Crippen molar-refractivity contribution in [2.24, 2.45) is 0 Å². The van der Waals surface area contributed by atoms with Gasteiger partial charge in [-0.15, -0.1) is 0 Å². The van der Waals surface area contributed by atoms with Crippen molar-refractivity contribution < 1.29 is 28.2 Å². The van der Waals surface area contributed by atoms with E-state index in [4.69, 9.17) is 14.2 Å². The molecule has 0 amide bonds. The fraction of sp³-hybridized carbons (Fsp3) is 0.739. The summed E-state index contributed by atoms with van der Waals surface area (Å²) in [6, 6.07) is 0. The monoisotopic (exact) mass is 427 g/mol. The van der Waals surface area contributed by atoms with Gasteiger partial charge in [0.25, 0.3) is 0 Å². The number of hydrogen-bond acceptors (Lipinski definition) is 5. The smallest absolute Gasteiger partial charge is 0.431 e. The van der Waals surface area contributed by atoms with Crippen molar-refractivity contribution in [2.45, 2.75) is 111 Å². The minimum atomic E-state index is -1.18. The number of H-pyrrole nitrogens is 1.